The zero-order valence-electron chi connectivity index (χ0n) is 6.94. The van der Waals surface area contributed by atoms with Gasteiger partial charge in [0.15, 0.2) is 5.13 Å². The Kier molecular flexibility index (Phi) is 2.97. The molecule has 1 aromatic rings. The monoisotopic (exact) mass is 200 g/mol. The normalized spacial score (nSPS) is 9.62. The molecule has 0 aliphatic heterocycles. The Morgan fingerprint density at radius 2 is 2.46 bits per heavy atom. The van der Waals surface area contributed by atoms with E-state index >= 15 is 0 Å². The van der Waals surface area contributed by atoms with Crippen molar-refractivity contribution >= 4 is 22.4 Å². The number of hydrogen-bond acceptors (Lipinski definition) is 6. The first-order valence-electron chi connectivity index (χ1n) is 3.45. The molecule has 2 N–H and O–H groups in total. The minimum absolute atomic E-state index is 0.0587. The second kappa shape index (κ2) is 3.99. The van der Waals surface area contributed by atoms with Crippen LogP contribution in [0.25, 0.3) is 0 Å². The lowest BCUT2D eigenvalue weighted by Gasteiger charge is -1.98. The minimum Gasteiger partial charge on any atom is -0.469 e. The highest BCUT2D eigenvalue weighted by atomic mass is 32.1. The Morgan fingerprint density at radius 3 is 3.00 bits per heavy atom. The van der Waals surface area contributed by atoms with E-state index in [1.807, 2.05) is 0 Å². The number of nitrogens with zero attached hydrogens (tertiary/aromatic N) is 1. The lowest BCUT2D eigenvalue weighted by atomic mass is 10.3. The Morgan fingerprint density at radius 1 is 1.77 bits per heavy atom. The van der Waals surface area contributed by atoms with Gasteiger partial charge in [-0.1, -0.05) is 0 Å². The van der Waals surface area contributed by atoms with Gasteiger partial charge in [0, 0.05) is 10.9 Å². The third-order valence-corrected chi connectivity index (χ3v) is 2.11. The summed E-state index contributed by atoms with van der Waals surface area (Å²) >= 11 is 1.10. The number of methoxy groups -OCH3 is 1. The summed E-state index contributed by atoms with van der Waals surface area (Å²) in [5.41, 5.74) is 4.90. The van der Waals surface area contributed by atoms with E-state index in [4.69, 9.17) is 5.73 Å². The number of hydrogen-bond donors (Lipinski definition) is 1. The largest absolute Gasteiger partial charge is 0.469 e. The SMILES string of the molecule is COC(=O)Cc1cc(=O)nc(N)s1. The molecular formula is C7H8N2O3S. The first kappa shape index (κ1) is 9.66. The molecule has 0 aromatic carbocycles. The van der Waals surface area contributed by atoms with E-state index < -0.39 is 11.5 Å². The van der Waals surface area contributed by atoms with Crippen LogP contribution in [0.5, 0.6) is 0 Å². The minimum atomic E-state index is -0.435. The molecule has 0 radical (unpaired) electrons. The number of ether oxygens (including phenoxy) is 1. The van der Waals surface area contributed by atoms with Crippen LogP contribution in [0.2, 0.25) is 0 Å². The highest BCUT2D eigenvalue weighted by molar-refractivity contribution is 7.15. The van der Waals surface area contributed by atoms with E-state index in [9.17, 15) is 9.59 Å². The van der Waals surface area contributed by atoms with Gasteiger partial charge in [0.2, 0.25) is 0 Å². The molecule has 0 amide bonds. The predicted molar refractivity (Wildman–Crippen MR) is 48.5 cm³/mol. The molecule has 1 heterocycles. The maximum atomic E-state index is 10.8. The van der Waals surface area contributed by atoms with Crippen molar-refractivity contribution in [3.05, 3.63) is 21.3 Å². The van der Waals surface area contributed by atoms with E-state index in [0.717, 1.165) is 11.3 Å². The second-order valence-corrected chi connectivity index (χ2v) is 3.40. The maximum absolute atomic E-state index is 10.8. The number of nitrogens with two attached hydrogens (primary N) is 1. The molecule has 0 spiro atoms. The van der Waals surface area contributed by atoms with Crippen LogP contribution in [0.3, 0.4) is 0 Å². The molecular weight excluding hydrogens is 192 g/mol. The molecule has 13 heavy (non-hydrogen) atoms. The third-order valence-electron chi connectivity index (χ3n) is 1.29. The van der Waals surface area contributed by atoms with Crippen LogP contribution in [0, 0.1) is 0 Å². The highest BCUT2D eigenvalue weighted by Crippen LogP contribution is 2.10. The Hall–Kier alpha value is -1.43. The summed E-state index contributed by atoms with van der Waals surface area (Å²) in [5.74, 6) is -0.402. The van der Waals surface area contributed by atoms with Gasteiger partial charge in [0.05, 0.1) is 13.5 Å². The third kappa shape index (κ3) is 2.83. The van der Waals surface area contributed by atoms with Crippen molar-refractivity contribution in [1.82, 2.24) is 4.98 Å². The smallest absolute Gasteiger partial charge is 0.310 e. The summed E-state index contributed by atoms with van der Waals surface area (Å²) in [6, 6.07) is 1.28. The van der Waals surface area contributed by atoms with E-state index in [1.54, 1.807) is 0 Å². The van der Waals surface area contributed by atoms with Gasteiger partial charge in [0.25, 0.3) is 5.56 Å². The fourth-order valence-corrected chi connectivity index (χ4v) is 1.52. The molecule has 1 aromatic heterocycles. The summed E-state index contributed by atoms with van der Waals surface area (Å²) in [5, 5.41) is 0.159. The van der Waals surface area contributed by atoms with Gasteiger partial charge in [-0.2, -0.15) is 4.98 Å². The number of anilines is 1. The number of esters is 1. The summed E-state index contributed by atoms with van der Waals surface area (Å²) in [6.07, 6.45) is 0.0587. The van der Waals surface area contributed by atoms with Crippen LogP contribution in [0.1, 0.15) is 4.88 Å². The Balaban J connectivity index is 2.89. The first-order chi connectivity index (χ1) is 6.11. The summed E-state index contributed by atoms with van der Waals surface area (Å²) in [4.78, 5) is 25.7. The predicted octanol–water partition coefficient (Wildman–Crippen LogP) is -0.199. The van der Waals surface area contributed by atoms with Crippen molar-refractivity contribution < 1.29 is 9.53 Å². The van der Waals surface area contributed by atoms with E-state index in [-0.39, 0.29) is 11.6 Å². The van der Waals surface area contributed by atoms with E-state index in [0.29, 0.717) is 4.88 Å². The van der Waals surface area contributed by atoms with Crippen molar-refractivity contribution in [3.8, 4) is 0 Å². The lowest BCUT2D eigenvalue weighted by molar-refractivity contribution is -0.139. The standard InChI is InChI=1S/C7H8N2O3S/c1-12-6(11)3-4-2-5(10)9-7(8)13-4/h2H,3H2,1H3,(H2,8,9,10). The molecule has 70 valence electrons. The molecule has 0 saturated heterocycles. The molecule has 0 atom stereocenters. The molecule has 0 fully saturated rings. The van der Waals surface area contributed by atoms with Crippen molar-refractivity contribution in [3.63, 3.8) is 0 Å². The maximum Gasteiger partial charge on any atom is 0.310 e. The van der Waals surface area contributed by atoms with Gasteiger partial charge < -0.3 is 10.5 Å². The molecule has 0 aliphatic rings. The zero-order chi connectivity index (χ0) is 9.84. The zero-order valence-corrected chi connectivity index (χ0v) is 7.76. The van der Waals surface area contributed by atoms with Crippen LogP contribution in [0.4, 0.5) is 5.13 Å². The van der Waals surface area contributed by atoms with Gasteiger partial charge in [-0.25, -0.2) is 0 Å². The van der Waals surface area contributed by atoms with Crippen LogP contribution >= 0.6 is 11.3 Å². The Labute approximate surface area is 78.2 Å². The number of carbonyl (C=O) groups excluding carboxylic acids is 1. The van der Waals surface area contributed by atoms with Gasteiger partial charge in [-0.3, -0.25) is 9.59 Å². The first-order valence-corrected chi connectivity index (χ1v) is 4.27. The molecule has 0 unspecified atom stereocenters. The fraction of sp³-hybridized carbons (Fsp3) is 0.286. The molecule has 1 rings (SSSR count). The van der Waals surface area contributed by atoms with Crippen molar-refractivity contribution in [1.29, 1.82) is 0 Å². The van der Waals surface area contributed by atoms with Crippen LogP contribution < -0.4 is 11.3 Å². The van der Waals surface area contributed by atoms with Crippen LogP contribution in [-0.2, 0) is 16.0 Å². The average Bonchev–Trinajstić information content (AvgIpc) is 2.02. The average molecular weight is 200 g/mol. The molecule has 5 nitrogen and oxygen atoms in total. The van der Waals surface area contributed by atoms with Gasteiger partial charge in [-0.05, 0) is 0 Å². The highest BCUT2D eigenvalue weighted by Gasteiger charge is 2.05. The van der Waals surface area contributed by atoms with Crippen LogP contribution in [0.15, 0.2) is 10.9 Å². The van der Waals surface area contributed by atoms with Crippen molar-refractivity contribution in [2.24, 2.45) is 0 Å². The van der Waals surface area contributed by atoms with Crippen molar-refractivity contribution in [2.75, 3.05) is 12.8 Å². The number of rotatable bonds is 2. The van der Waals surface area contributed by atoms with E-state index in [1.165, 1.54) is 13.2 Å². The molecule has 0 bridgehead atoms. The topological polar surface area (TPSA) is 82.3 Å². The van der Waals surface area contributed by atoms with Crippen LogP contribution in [-0.4, -0.2) is 18.1 Å². The Bertz CT molecular complexity index is 374. The summed E-state index contributed by atoms with van der Waals surface area (Å²) in [6.45, 7) is 0. The summed E-state index contributed by atoms with van der Waals surface area (Å²) in [7, 11) is 1.29. The molecule has 0 aliphatic carbocycles. The quantitative estimate of drug-likeness (QED) is 0.668. The lowest BCUT2D eigenvalue weighted by Crippen LogP contribution is -2.10. The van der Waals surface area contributed by atoms with E-state index in [2.05, 4.69) is 9.72 Å². The number of nitrogen functional groups attached to an aromatic ring is 1. The fourth-order valence-electron chi connectivity index (χ4n) is 0.767. The number of carbonyl (C=O) groups is 1. The number of aromatic nitrogens is 1. The van der Waals surface area contributed by atoms with Gasteiger partial charge >= 0.3 is 5.97 Å². The molecule has 0 saturated carbocycles. The van der Waals surface area contributed by atoms with Gasteiger partial charge in [-0.15, -0.1) is 11.3 Å². The van der Waals surface area contributed by atoms with Gasteiger partial charge in [0.1, 0.15) is 0 Å². The summed E-state index contributed by atoms with van der Waals surface area (Å²) < 4.78 is 4.44. The molecule has 6 heteroatoms. The second-order valence-electron chi connectivity index (χ2n) is 2.25. The van der Waals surface area contributed by atoms with Crippen molar-refractivity contribution in [2.45, 2.75) is 6.42 Å².